The SMILES string of the molecule is CCN(C(=O)Cc1ccc(SC)cc1)c1cn(-c2cncc(F)c2)nc1C. The molecule has 3 rings (SSSR count). The average Bonchev–Trinajstić information content (AvgIpc) is 3.04. The number of hydrogen-bond donors (Lipinski definition) is 0. The lowest BCUT2D eigenvalue weighted by Gasteiger charge is -2.20. The number of likely N-dealkylation sites (N-methyl/N-ethyl adjacent to an activating group) is 1. The second-order valence-corrected chi connectivity index (χ2v) is 6.95. The van der Waals surface area contributed by atoms with E-state index < -0.39 is 5.82 Å². The first-order chi connectivity index (χ1) is 13.0. The normalized spacial score (nSPS) is 10.8. The maximum atomic E-state index is 13.4. The summed E-state index contributed by atoms with van der Waals surface area (Å²) in [6.45, 7) is 4.28. The van der Waals surface area contributed by atoms with Gasteiger partial charge in [-0.25, -0.2) is 9.07 Å². The molecule has 3 aromatic rings. The van der Waals surface area contributed by atoms with E-state index in [0.29, 0.717) is 30.0 Å². The second-order valence-electron chi connectivity index (χ2n) is 6.07. The predicted octanol–water partition coefficient (Wildman–Crippen LogP) is 4.03. The predicted molar refractivity (Wildman–Crippen MR) is 106 cm³/mol. The van der Waals surface area contributed by atoms with Crippen LogP contribution in [0.2, 0.25) is 0 Å². The van der Waals surface area contributed by atoms with Crippen LogP contribution in [-0.4, -0.2) is 33.5 Å². The first-order valence-electron chi connectivity index (χ1n) is 8.62. The third-order valence-electron chi connectivity index (χ3n) is 4.25. The molecular weight excluding hydrogens is 363 g/mol. The Morgan fingerprint density at radius 2 is 2.00 bits per heavy atom. The van der Waals surface area contributed by atoms with Gasteiger partial charge in [0.1, 0.15) is 5.82 Å². The van der Waals surface area contributed by atoms with Gasteiger partial charge in [0, 0.05) is 17.5 Å². The summed E-state index contributed by atoms with van der Waals surface area (Å²) in [4.78, 5) is 19.6. The van der Waals surface area contributed by atoms with Crippen molar-refractivity contribution in [1.82, 2.24) is 14.8 Å². The lowest BCUT2D eigenvalue weighted by Crippen LogP contribution is -2.32. The number of benzene rings is 1. The van der Waals surface area contributed by atoms with Gasteiger partial charge in [-0.3, -0.25) is 9.78 Å². The third-order valence-corrected chi connectivity index (χ3v) is 4.99. The van der Waals surface area contributed by atoms with Gasteiger partial charge in [0.2, 0.25) is 5.91 Å². The van der Waals surface area contributed by atoms with Crippen molar-refractivity contribution < 1.29 is 9.18 Å². The Morgan fingerprint density at radius 1 is 1.26 bits per heavy atom. The summed E-state index contributed by atoms with van der Waals surface area (Å²) in [5.74, 6) is -0.436. The number of hydrogen-bond acceptors (Lipinski definition) is 4. The second kappa shape index (κ2) is 8.35. The third kappa shape index (κ3) is 4.36. The maximum Gasteiger partial charge on any atom is 0.231 e. The van der Waals surface area contributed by atoms with Crippen LogP contribution < -0.4 is 4.90 Å². The molecule has 0 aliphatic rings. The molecule has 0 saturated heterocycles. The Bertz CT molecular complexity index is 939. The van der Waals surface area contributed by atoms with Crippen LogP contribution in [-0.2, 0) is 11.2 Å². The van der Waals surface area contributed by atoms with Crippen LogP contribution in [0.4, 0.5) is 10.1 Å². The number of anilines is 1. The minimum Gasteiger partial charge on any atom is -0.309 e. The Hall–Kier alpha value is -2.67. The molecule has 0 N–H and O–H groups in total. The summed E-state index contributed by atoms with van der Waals surface area (Å²) in [5.41, 5.74) is 2.90. The number of halogens is 1. The van der Waals surface area contributed by atoms with Crippen LogP contribution >= 0.6 is 11.8 Å². The zero-order valence-electron chi connectivity index (χ0n) is 15.5. The van der Waals surface area contributed by atoms with Crippen molar-refractivity contribution in [2.75, 3.05) is 17.7 Å². The molecule has 0 fully saturated rings. The molecule has 0 saturated carbocycles. The van der Waals surface area contributed by atoms with E-state index >= 15 is 0 Å². The molecule has 5 nitrogen and oxygen atoms in total. The summed E-state index contributed by atoms with van der Waals surface area (Å²) in [5, 5.41) is 4.42. The fraction of sp³-hybridized carbons (Fsp3) is 0.250. The minimum absolute atomic E-state index is 0.00517. The zero-order chi connectivity index (χ0) is 19.4. The molecule has 1 amide bonds. The molecular formula is C20H21FN4OS. The smallest absolute Gasteiger partial charge is 0.231 e. The zero-order valence-corrected chi connectivity index (χ0v) is 16.3. The molecule has 0 spiro atoms. The number of aromatic nitrogens is 3. The number of rotatable bonds is 6. The van der Waals surface area contributed by atoms with Gasteiger partial charge in [-0.2, -0.15) is 5.10 Å². The Morgan fingerprint density at radius 3 is 2.63 bits per heavy atom. The average molecular weight is 384 g/mol. The van der Waals surface area contributed by atoms with Crippen LogP contribution in [0.5, 0.6) is 0 Å². The molecule has 0 atom stereocenters. The van der Waals surface area contributed by atoms with Crippen molar-refractivity contribution in [3.8, 4) is 5.69 Å². The van der Waals surface area contributed by atoms with Gasteiger partial charge in [0.15, 0.2) is 0 Å². The molecule has 2 aromatic heterocycles. The summed E-state index contributed by atoms with van der Waals surface area (Å²) in [7, 11) is 0. The van der Waals surface area contributed by atoms with E-state index in [2.05, 4.69) is 10.1 Å². The molecule has 27 heavy (non-hydrogen) atoms. The molecule has 0 radical (unpaired) electrons. The highest BCUT2D eigenvalue weighted by molar-refractivity contribution is 7.98. The highest BCUT2D eigenvalue weighted by Crippen LogP contribution is 2.22. The molecule has 0 unspecified atom stereocenters. The first kappa shape index (κ1) is 19.1. The van der Waals surface area contributed by atoms with Gasteiger partial charge >= 0.3 is 0 Å². The van der Waals surface area contributed by atoms with Crippen molar-refractivity contribution in [2.45, 2.75) is 25.2 Å². The number of nitrogens with zero attached hydrogens (tertiary/aromatic N) is 4. The monoisotopic (exact) mass is 384 g/mol. The van der Waals surface area contributed by atoms with Crippen LogP contribution in [0.3, 0.4) is 0 Å². The number of thioether (sulfide) groups is 1. The first-order valence-corrected chi connectivity index (χ1v) is 9.84. The van der Waals surface area contributed by atoms with Gasteiger partial charge in [0.05, 0.1) is 42.1 Å². The van der Waals surface area contributed by atoms with Gasteiger partial charge in [-0.05, 0) is 37.8 Å². The summed E-state index contributed by atoms with van der Waals surface area (Å²) in [6.07, 6.45) is 6.75. The summed E-state index contributed by atoms with van der Waals surface area (Å²) >= 11 is 1.67. The van der Waals surface area contributed by atoms with E-state index in [-0.39, 0.29) is 5.91 Å². The van der Waals surface area contributed by atoms with E-state index in [1.807, 2.05) is 44.4 Å². The van der Waals surface area contributed by atoms with E-state index in [1.54, 1.807) is 27.5 Å². The molecule has 1 aromatic carbocycles. The van der Waals surface area contributed by atoms with E-state index in [1.165, 1.54) is 17.2 Å². The standard InChI is InChI=1S/C20H21FN4OS/c1-4-24(20(26)9-15-5-7-18(27-3)8-6-15)19-13-25(23-14(19)2)17-10-16(21)11-22-12-17/h5-8,10-13H,4,9H2,1-3H3. The van der Waals surface area contributed by atoms with Crippen molar-refractivity contribution >= 4 is 23.4 Å². The molecule has 0 aliphatic carbocycles. The Labute approximate surface area is 162 Å². The van der Waals surface area contributed by atoms with Gasteiger partial charge in [0.25, 0.3) is 0 Å². The molecule has 140 valence electrons. The minimum atomic E-state index is -0.431. The Kier molecular flexibility index (Phi) is 5.91. The van der Waals surface area contributed by atoms with Crippen LogP contribution in [0, 0.1) is 12.7 Å². The number of pyridine rings is 1. The maximum absolute atomic E-state index is 13.4. The van der Waals surface area contributed by atoms with Gasteiger partial charge < -0.3 is 4.90 Å². The van der Waals surface area contributed by atoms with Gasteiger partial charge in [-0.1, -0.05) is 12.1 Å². The molecule has 7 heteroatoms. The largest absolute Gasteiger partial charge is 0.309 e. The van der Waals surface area contributed by atoms with Crippen LogP contribution in [0.1, 0.15) is 18.2 Å². The van der Waals surface area contributed by atoms with Crippen LogP contribution in [0.15, 0.2) is 53.8 Å². The number of carbonyl (C=O) groups excluding carboxylic acids is 1. The number of amides is 1. The van der Waals surface area contributed by atoms with Crippen molar-refractivity contribution in [3.05, 3.63) is 66.0 Å². The molecule has 0 aliphatic heterocycles. The summed E-state index contributed by atoms with van der Waals surface area (Å²) < 4.78 is 15.0. The molecule has 0 bridgehead atoms. The lowest BCUT2D eigenvalue weighted by atomic mass is 10.1. The fourth-order valence-corrected chi connectivity index (χ4v) is 3.28. The van der Waals surface area contributed by atoms with Crippen molar-refractivity contribution in [1.29, 1.82) is 0 Å². The topological polar surface area (TPSA) is 51.0 Å². The fourth-order valence-electron chi connectivity index (χ4n) is 2.87. The van der Waals surface area contributed by atoms with Crippen molar-refractivity contribution in [3.63, 3.8) is 0 Å². The quantitative estimate of drug-likeness (QED) is 0.602. The van der Waals surface area contributed by atoms with E-state index in [4.69, 9.17) is 0 Å². The number of carbonyl (C=O) groups is 1. The van der Waals surface area contributed by atoms with E-state index in [9.17, 15) is 9.18 Å². The number of aryl methyl sites for hydroxylation is 1. The van der Waals surface area contributed by atoms with Gasteiger partial charge in [-0.15, -0.1) is 11.8 Å². The van der Waals surface area contributed by atoms with Crippen LogP contribution in [0.25, 0.3) is 5.69 Å². The Balaban J connectivity index is 1.83. The highest BCUT2D eigenvalue weighted by Gasteiger charge is 2.19. The lowest BCUT2D eigenvalue weighted by molar-refractivity contribution is -0.117. The summed E-state index contributed by atoms with van der Waals surface area (Å²) in [6, 6.07) is 9.35. The molecule has 2 heterocycles. The van der Waals surface area contributed by atoms with Crippen molar-refractivity contribution in [2.24, 2.45) is 0 Å². The van der Waals surface area contributed by atoms with E-state index in [0.717, 1.165) is 11.8 Å². The highest BCUT2D eigenvalue weighted by atomic mass is 32.2.